The monoisotopic (exact) mass is 576 g/mol. The van der Waals surface area contributed by atoms with Crippen molar-refractivity contribution in [3.05, 3.63) is 107 Å². The number of amides is 1. The Bertz CT molecular complexity index is 1530. The van der Waals surface area contributed by atoms with Crippen LogP contribution in [0.4, 0.5) is 0 Å². The Labute approximate surface area is 256 Å². The second kappa shape index (κ2) is 10.9. The van der Waals surface area contributed by atoms with Crippen LogP contribution in [0.5, 0.6) is 5.75 Å². The number of rotatable bonds is 8. The summed E-state index contributed by atoms with van der Waals surface area (Å²) in [6, 6.07) is 25.3. The second-order valence-electron chi connectivity index (χ2n) is 13.7. The Morgan fingerprint density at radius 1 is 1.09 bits per heavy atom. The van der Waals surface area contributed by atoms with Gasteiger partial charge in [0.1, 0.15) is 11.9 Å². The van der Waals surface area contributed by atoms with E-state index in [4.69, 9.17) is 4.74 Å². The minimum atomic E-state index is -0.896. The van der Waals surface area contributed by atoms with Crippen LogP contribution in [0.3, 0.4) is 0 Å². The van der Waals surface area contributed by atoms with E-state index < -0.39 is 11.0 Å². The maximum Gasteiger partial charge on any atom is 0.246 e. The summed E-state index contributed by atoms with van der Waals surface area (Å²) in [5.41, 5.74) is 4.66. The third kappa shape index (κ3) is 4.63. The normalized spacial score (nSPS) is 29.0. The molecule has 2 heterocycles. The number of nitrogens with zero attached hydrogens (tertiary/aromatic N) is 2. The first kappa shape index (κ1) is 28.4. The summed E-state index contributed by atoms with van der Waals surface area (Å²) in [6.07, 6.45) is 7.45. The van der Waals surface area contributed by atoms with Crippen molar-refractivity contribution in [2.45, 2.75) is 82.1 Å². The molecule has 2 bridgehead atoms. The maximum absolute atomic E-state index is 14.0. The van der Waals surface area contributed by atoms with Gasteiger partial charge in [0, 0.05) is 30.8 Å². The second-order valence-corrected chi connectivity index (χ2v) is 13.7. The first-order chi connectivity index (χ1) is 20.8. The zero-order chi connectivity index (χ0) is 29.8. The highest BCUT2D eigenvalue weighted by atomic mass is 16.5. The van der Waals surface area contributed by atoms with E-state index in [9.17, 15) is 9.90 Å². The van der Waals surface area contributed by atoms with Crippen LogP contribution >= 0.6 is 0 Å². The molecule has 2 aliphatic carbocycles. The molecule has 5 atom stereocenters. The molecule has 5 nitrogen and oxygen atoms in total. The van der Waals surface area contributed by atoms with Crippen molar-refractivity contribution in [3.8, 4) is 5.75 Å². The zero-order valence-electron chi connectivity index (χ0n) is 25.7. The van der Waals surface area contributed by atoms with Gasteiger partial charge in [-0.25, -0.2) is 0 Å². The Morgan fingerprint density at radius 2 is 1.91 bits per heavy atom. The number of benzene rings is 3. The number of ether oxygens (including phenoxy) is 1. The Morgan fingerprint density at radius 3 is 2.70 bits per heavy atom. The van der Waals surface area contributed by atoms with Crippen LogP contribution in [-0.4, -0.2) is 64.2 Å². The van der Waals surface area contributed by atoms with Gasteiger partial charge in [0.25, 0.3) is 0 Å². The van der Waals surface area contributed by atoms with Crippen LogP contribution in [0.15, 0.2) is 78.9 Å². The summed E-state index contributed by atoms with van der Waals surface area (Å²) in [5.74, 6) is 1.25. The molecule has 5 heteroatoms. The molecule has 1 N–H and O–H groups in total. The number of piperidine rings is 1. The van der Waals surface area contributed by atoms with Crippen LogP contribution in [0, 0.1) is 12.8 Å². The lowest BCUT2D eigenvalue weighted by Gasteiger charge is -2.65. The van der Waals surface area contributed by atoms with Crippen molar-refractivity contribution in [2.24, 2.45) is 5.92 Å². The highest BCUT2D eigenvalue weighted by molar-refractivity contribution is 5.92. The Balaban J connectivity index is 1.23. The molecule has 1 saturated carbocycles. The molecule has 3 aromatic rings. The van der Waals surface area contributed by atoms with Gasteiger partial charge < -0.3 is 14.7 Å². The third-order valence-electron chi connectivity index (χ3n) is 10.7. The van der Waals surface area contributed by atoms with E-state index >= 15 is 0 Å². The lowest BCUT2D eigenvalue weighted by Crippen LogP contribution is -2.78. The van der Waals surface area contributed by atoms with Crippen LogP contribution in [0.25, 0.3) is 6.08 Å². The van der Waals surface area contributed by atoms with Crippen molar-refractivity contribution in [1.29, 1.82) is 0 Å². The Kier molecular flexibility index (Phi) is 7.22. The van der Waals surface area contributed by atoms with Crippen LogP contribution in [0.2, 0.25) is 0 Å². The van der Waals surface area contributed by atoms with Gasteiger partial charge in [0.2, 0.25) is 5.91 Å². The van der Waals surface area contributed by atoms with E-state index in [1.165, 1.54) is 22.3 Å². The molecule has 0 radical (unpaired) electrons. The van der Waals surface area contributed by atoms with Crippen molar-refractivity contribution in [3.63, 3.8) is 0 Å². The number of aliphatic hydroxyl groups is 1. The summed E-state index contributed by atoms with van der Waals surface area (Å²) in [4.78, 5) is 18.6. The van der Waals surface area contributed by atoms with Gasteiger partial charge >= 0.3 is 0 Å². The van der Waals surface area contributed by atoms with E-state index in [0.29, 0.717) is 18.9 Å². The van der Waals surface area contributed by atoms with Crippen molar-refractivity contribution in [2.75, 3.05) is 19.6 Å². The summed E-state index contributed by atoms with van der Waals surface area (Å²) in [6.45, 7) is 8.93. The molecule has 224 valence electrons. The van der Waals surface area contributed by atoms with Gasteiger partial charge in [-0.15, -0.1) is 0 Å². The molecule has 3 aromatic carbocycles. The lowest BCUT2D eigenvalue weighted by atomic mass is 9.48. The van der Waals surface area contributed by atoms with E-state index in [1.807, 2.05) is 18.2 Å². The Hall–Kier alpha value is -3.41. The van der Waals surface area contributed by atoms with Crippen molar-refractivity contribution in [1.82, 2.24) is 9.80 Å². The number of carbonyl (C=O) groups excluding carboxylic acids is 1. The van der Waals surface area contributed by atoms with Crippen LogP contribution in [0.1, 0.15) is 60.9 Å². The molecule has 1 amide bonds. The predicted octanol–water partition coefficient (Wildman–Crippen LogP) is 5.96. The fourth-order valence-electron chi connectivity index (χ4n) is 8.90. The van der Waals surface area contributed by atoms with E-state index in [1.54, 1.807) is 6.08 Å². The quantitative estimate of drug-likeness (QED) is 0.337. The molecular weight excluding hydrogens is 532 g/mol. The van der Waals surface area contributed by atoms with Gasteiger partial charge in [-0.3, -0.25) is 9.69 Å². The number of carbonyl (C=O) groups is 1. The first-order valence-corrected chi connectivity index (χ1v) is 16.1. The van der Waals surface area contributed by atoms with Crippen molar-refractivity contribution < 1.29 is 14.6 Å². The maximum atomic E-state index is 14.0. The average Bonchev–Trinajstić information content (AvgIpc) is 3.34. The highest BCUT2D eigenvalue weighted by Gasteiger charge is 2.73. The van der Waals surface area contributed by atoms with Gasteiger partial charge in [-0.2, -0.15) is 0 Å². The standard InChI is InChI=1S/C38H44N2O3/c1-26(2)25-40(34(41)16-15-29-12-7-9-27(3)23-29)31-17-19-38(42)33-24-30-13-8-14-32-35(30)37(38,36(31)43-32)20-22-39(33)21-18-28-10-5-4-6-11-28/h4-16,23,26,31,33,36,42H,17-22,24-25H2,1-3H3/t31-,33+,36-,37-,38+/m0/s1. The minimum absolute atomic E-state index is 0.0227. The van der Waals surface area contributed by atoms with Gasteiger partial charge in [-0.05, 0) is 80.3 Å². The van der Waals surface area contributed by atoms with Gasteiger partial charge in [0.15, 0.2) is 0 Å². The van der Waals surface area contributed by atoms with E-state index in [2.05, 4.69) is 91.2 Å². The summed E-state index contributed by atoms with van der Waals surface area (Å²) < 4.78 is 6.92. The number of likely N-dealkylation sites (tertiary alicyclic amines) is 1. The van der Waals surface area contributed by atoms with E-state index in [0.717, 1.165) is 50.1 Å². The first-order valence-electron chi connectivity index (χ1n) is 16.1. The molecule has 2 aliphatic heterocycles. The minimum Gasteiger partial charge on any atom is -0.487 e. The topological polar surface area (TPSA) is 53.0 Å². The SMILES string of the molecule is Cc1cccc(C=CC(=O)N(CC(C)C)[C@H]2CC[C@@]3(O)[C@H]4Cc5cccc6c5[C@@]3(CCN4CCc3ccccc3)[C@H]2O6)c1. The summed E-state index contributed by atoms with van der Waals surface area (Å²) in [5, 5.41) is 12.9. The molecule has 1 saturated heterocycles. The number of hydrogen-bond acceptors (Lipinski definition) is 4. The molecule has 0 aromatic heterocycles. The average molecular weight is 577 g/mol. The number of hydrogen-bond donors (Lipinski definition) is 1. The van der Waals surface area contributed by atoms with Crippen LogP contribution < -0.4 is 4.74 Å². The largest absolute Gasteiger partial charge is 0.487 e. The van der Waals surface area contributed by atoms with Gasteiger partial charge in [-0.1, -0.05) is 86.1 Å². The fraction of sp³-hybridized carbons (Fsp3) is 0.447. The van der Waals surface area contributed by atoms with Crippen LogP contribution in [-0.2, 0) is 23.1 Å². The molecule has 2 fully saturated rings. The molecule has 0 unspecified atom stereocenters. The third-order valence-corrected chi connectivity index (χ3v) is 10.7. The predicted molar refractivity (Wildman–Crippen MR) is 171 cm³/mol. The smallest absolute Gasteiger partial charge is 0.246 e. The van der Waals surface area contributed by atoms with Gasteiger partial charge in [0.05, 0.1) is 17.1 Å². The zero-order valence-corrected chi connectivity index (χ0v) is 25.7. The highest BCUT2D eigenvalue weighted by Crippen LogP contribution is 2.64. The molecule has 1 spiro atoms. The fourth-order valence-corrected chi connectivity index (χ4v) is 8.90. The molecule has 43 heavy (non-hydrogen) atoms. The summed E-state index contributed by atoms with van der Waals surface area (Å²) in [7, 11) is 0. The van der Waals surface area contributed by atoms with Crippen molar-refractivity contribution >= 4 is 12.0 Å². The summed E-state index contributed by atoms with van der Waals surface area (Å²) >= 11 is 0. The molecule has 7 rings (SSSR count). The molecule has 4 aliphatic rings. The van der Waals surface area contributed by atoms with E-state index in [-0.39, 0.29) is 24.1 Å². The lowest BCUT2D eigenvalue weighted by molar-refractivity contribution is -0.201. The number of aryl methyl sites for hydroxylation is 1. The molecular formula is C38H44N2O3.